The number of hydrogen-bond acceptors (Lipinski definition) is 4. The number of carbonyl (C=O) groups excluding carboxylic acids is 2. The molecule has 0 saturated heterocycles. The number of benzene rings is 1. The monoisotopic (exact) mass is 341 g/mol. The maximum absolute atomic E-state index is 12.3. The summed E-state index contributed by atoms with van der Waals surface area (Å²) < 4.78 is 1.20. The zero-order valence-electron chi connectivity index (χ0n) is 13.4. The van der Waals surface area contributed by atoms with Crippen molar-refractivity contribution in [2.75, 3.05) is 0 Å². The molecule has 1 aliphatic rings. The smallest absolute Gasteiger partial charge is 0.277 e. The maximum atomic E-state index is 12.3. The lowest BCUT2D eigenvalue weighted by Gasteiger charge is -2.08. The number of nitrogens with zero attached hydrogens (tertiary/aromatic N) is 2. The van der Waals surface area contributed by atoms with Crippen LogP contribution in [0.4, 0.5) is 0 Å². The third-order valence-electron chi connectivity index (χ3n) is 4.02. The SMILES string of the molecule is CC(=O)n1c(/C=C2\C=c3ccc(C)c(C)c3=NC2=O)c(O)[nH]c1=S. The fourth-order valence-corrected chi connectivity index (χ4v) is 2.94. The number of fused-ring (bicyclic) bond motifs is 1. The summed E-state index contributed by atoms with van der Waals surface area (Å²) in [5.74, 6) is -1.07. The molecule has 122 valence electrons. The minimum atomic E-state index is -0.433. The first-order chi connectivity index (χ1) is 11.3. The highest BCUT2D eigenvalue weighted by atomic mass is 32.1. The molecule has 2 aromatic rings. The van der Waals surface area contributed by atoms with Gasteiger partial charge in [-0.05, 0) is 49.3 Å². The number of H-pyrrole nitrogens is 1. The maximum Gasteiger partial charge on any atom is 0.277 e. The van der Waals surface area contributed by atoms with E-state index in [0.29, 0.717) is 5.36 Å². The first-order valence-electron chi connectivity index (χ1n) is 7.27. The van der Waals surface area contributed by atoms with Crippen molar-refractivity contribution in [3.8, 4) is 5.88 Å². The fourth-order valence-electron chi connectivity index (χ4n) is 2.61. The van der Waals surface area contributed by atoms with Gasteiger partial charge in [0, 0.05) is 17.7 Å². The van der Waals surface area contributed by atoms with Gasteiger partial charge >= 0.3 is 0 Å². The van der Waals surface area contributed by atoms with Crippen LogP contribution in [-0.4, -0.2) is 26.5 Å². The van der Waals surface area contributed by atoms with Gasteiger partial charge in [-0.15, -0.1) is 0 Å². The van der Waals surface area contributed by atoms with Crippen LogP contribution in [-0.2, 0) is 4.79 Å². The Morgan fingerprint density at radius 3 is 2.75 bits per heavy atom. The number of hydrogen-bond donors (Lipinski definition) is 2. The van der Waals surface area contributed by atoms with Gasteiger partial charge < -0.3 is 10.1 Å². The molecule has 1 aromatic carbocycles. The van der Waals surface area contributed by atoms with Crippen LogP contribution in [0.5, 0.6) is 5.88 Å². The lowest BCUT2D eigenvalue weighted by Crippen LogP contribution is -2.33. The molecule has 3 rings (SSSR count). The second kappa shape index (κ2) is 5.68. The molecule has 1 aliphatic heterocycles. The van der Waals surface area contributed by atoms with Crippen molar-refractivity contribution in [2.45, 2.75) is 20.8 Å². The molecule has 0 bridgehead atoms. The van der Waals surface area contributed by atoms with E-state index in [1.54, 1.807) is 6.08 Å². The predicted molar refractivity (Wildman–Crippen MR) is 91.7 cm³/mol. The predicted octanol–water partition coefficient (Wildman–Crippen LogP) is 1.55. The molecular formula is C17H15N3O3S. The molecule has 0 atom stereocenters. The summed E-state index contributed by atoms with van der Waals surface area (Å²) in [6, 6.07) is 3.84. The molecule has 7 heteroatoms. The summed E-state index contributed by atoms with van der Waals surface area (Å²) in [6.45, 7) is 5.20. The van der Waals surface area contributed by atoms with E-state index >= 15 is 0 Å². The molecule has 6 nitrogen and oxygen atoms in total. The van der Waals surface area contributed by atoms with Crippen LogP contribution in [0, 0.1) is 18.6 Å². The Kier molecular flexibility index (Phi) is 3.81. The molecule has 0 spiro atoms. The highest BCUT2D eigenvalue weighted by Crippen LogP contribution is 2.21. The van der Waals surface area contributed by atoms with Crippen LogP contribution >= 0.6 is 12.2 Å². The largest absolute Gasteiger partial charge is 0.493 e. The minimum Gasteiger partial charge on any atom is -0.493 e. The van der Waals surface area contributed by atoms with Gasteiger partial charge in [0.15, 0.2) is 4.77 Å². The van der Waals surface area contributed by atoms with Crippen molar-refractivity contribution in [1.29, 1.82) is 0 Å². The van der Waals surface area contributed by atoms with E-state index in [1.807, 2.05) is 26.0 Å². The van der Waals surface area contributed by atoms with Crippen molar-refractivity contribution in [2.24, 2.45) is 4.99 Å². The first kappa shape index (κ1) is 16.1. The molecule has 1 aromatic heterocycles. The van der Waals surface area contributed by atoms with E-state index in [0.717, 1.165) is 20.9 Å². The number of aromatic hydroxyl groups is 1. The van der Waals surface area contributed by atoms with Crippen LogP contribution < -0.4 is 10.6 Å². The Morgan fingerprint density at radius 1 is 1.38 bits per heavy atom. The van der Waals surface area contributed by atoms with Crippen LogP contribution in [0.1, 0.15) is 28.5 Å². The fraction of sp³-hybridized carbons (Fsp3) is 0.176. The van der Waals surface area contributed by atoms with Gasteiger partial charge in [0.1, 0.15) is 5.69 Å². The van der Waals surface area contributed by atoms with Gasteiger partial charge in [0.25, 0.3) is 5.91 Å². The summed E-state index contributed by atoms with van der Waals surface area (Å²) in [4.78, 5) is 30.7. The molecule has 2 heterocycles. The number of nitrogens with one attached hydrogen (secondary N) is 1. The van der Waals surface area contributed by atoms with Crippen molar-refractivity contribution in [1.82, 2.24) is 9.55 Å². The van der Waals surface area contributed by atoms with Gasteiger partial charge in [-0.2, -0.15) is 0 Å². The quantitative estimate of drug-likeness (QED) is 0.609. The van der Waals surface area contributed by atoms with Crippen molar-refractivity contribution >= 4 is 36.2 Å². The molecular weight excluding hydrogens is 326 g/mol. The van der Waals surface area contributed by atoms with Gasteiger partial charge in [-0.25, -0.2) is 4.99 Å². The zero-order chi connectivity index (χ0) is 17.6. The average Bonchev–Trinajstić information content (AvgIpc) is 2.79. The molecule has 2 N–H and O–H groups in total. The number of carbonyl (C=O) groups is 2. The van der Waals surface area contributed by atoms with Gasteiger partial charge in [0.2, 0.25) is 11.8 Å². The number of amides is 1. The number of rotatable bonds is 1. The second-order valence-electron chi connectivity index (χ2n) is 5.62. The highest BCUT2D eigenvalue weighted by Gasteiger charge is 2.17. The van der Waals surface area contributed by atoms with Crippen LogP contribution in [0.15, 0.2) is 22.7 Å². The summed E-state index contributed by atoms with van der Waals surface area (Å²) in [7, 11) is 0. The van der Waals surface area contributed by atoms with E-state index in [-0.39, 0.29) is 27.8 Å². The number of aromatic nitrogens is 2. The van der Waals surface area contributed by atoms with Gasteiger partial charge in [0.05, 0.1) is 5.36 Å². The van der Waals surface area contributed by atoms with Crippen molar-refractivity contribution in [3.05, 3.63) is 49.9 Å². The number of imidazole rings is 1. The Balaban J connectivity index is 2.25. The van der Waals surface area contributed by atoms with Gasteiger partial charge in [-0.1, -0.05) is 12.1 Å². The molecule has 0 unspecified atom stereocenters. The van der Waals surface area contributed by atoms with Gasteiger partial charge in [-0.3, -0.25) is 14.2 Å². The number of aromatic amines is 1. The summed E-state index contributed by atoms with van der Waals surface area (Å²) in [5.41, 5.74) is 2.41. The molecule has 1 amide bonds. The third kappa shape index (κ3) is 2.52. The van der Waals surface area contributed by atoms with Crippen molar-refractivity contribution in [3.63, 3.8) is 0 Å². The van der Waals surface area contributed by atoms with Crippen LogP contribution in [0.25, 0.3) is 12.2 Å². The summed E-state index contributed by atoms with van der Waals surface area (Å²) >= 11 is 5.01. The van der Waals surface area contributed by atoms with E-state index in [1.165, 1.54) is 13.0 Å². The van der Waals surface area contributed by atoms with Crippen LogP contribution in [0.3, 0.4) is 0 Å². The second-order valence-corrected chi connectivity index (χ2v) is 6.01. The number of aryl methyl sites for hydroxylation is 1. The van der Waals surface area contributed by atoms with Crippen molar-refractivity contribution < 1.29 is 14.7 Å². The van der Waals surface area contributed by atoms with Crippen LogP contribution in [0.2, 0.25) is 0 Å². The average molecular weight is 341 g/mol. The molecule has 0 radical (unpaired) electrons. The Hall–Kier alpha value is -2.80. The van der Waals surface area contributed by atoms with E-state index in [2.05, 4.69) is 9.98 Å². The van der Waals surface area contributed by atoms with E-state index in [9.17, 15) is 14.7 Å². The van der Waals surface area contributed by atoms with E-state index in [4.69, 9.17) is 12.2 Å². The third-order valence-corrected chi connectivity index (χ3v) is 4.31. The summed E-state index contributed by atoms with van der Waals surface area (Å²) in [5, 5.41) is 11.4. The Labute approximate surface area is 142 Å². The Bertz CT molecular complexity index is 1100. The Morgan fingerprint density at radius 2 is 2.08 bits per heavy atom. The van der Waals surface area contributed by atoms with E-state index < -0.39 is 5.91 Å². The minimum absolute atomic E-state index is 0.0684. The normalized spacial score (nSPS) is 15.0. The summed E-state index contributed by atoms with van der Waals surface area (Å²) in [6.07, 6.45) is 3.10. The topological polar surface area (TPSA) is 87.4 Å². The lowest BCUT2D eigenvalue weighted by molar-refractivity contribution is -0.114. The highest BCUT2D eigenvalue weighted by molar-refractivity contribution is 7.71. The molecule has 0 saturated carbocycles. The lowest BCUT2D eigenvalue weighted by atomic mass is 10.0. The molecule has 0 fully saturated rings. The standard InChI is InChI=1S/C17H15N3O3S/c1-8-4-5-11-6-12(15(22)18-14(11)9(8)2)7-13-16(23)19-17(24)20(13)10(3)21/h4-7,23H,1-3H3,(H,19,24)/b12-7+. The molecule has 0 aliphatic carbocycles. The molecule has 24 heavy (non-hydrogen) atoms. The first-order valence-corrected chi connectivity index (χ1v) is 7.68. The zero-order valence-corrected chi connectivity index (χ0v) is 14.2.